The highest BCUT2D eigenvalue weighted by Crippen LogP contribution is 2.27. The third kappa shape index (κ3) is 3.96. The fourth-order valence-electron chi connectivity index (χ4n) is 3.12. The van der Waals surface area contributed by atoms with Gasteiger partial charge in [-0.05, 0) is 36.0 Å². The first-order valence-corrected chi connectivity index (χ1v) is 9.17. The fraction of sp³-hybridized carbons (Fsp3) is 0.0909. The largest absolute Gasteiger partial charge is 0.326 e. The van der Waals surface area contributed by atoms with Crippen molar-refractivity contribution in [1.82, 2.24) is 15.0 Å². The Balaban J connectivity index is 1.65. The average Bonchev–Trinajstić information content (AvgIpc) is 2.78. The van der Waals surface area contributed by atoms with Crippen LogP contribution in [0, 0.1) is 0 Å². The van der Waals surface area contributed by atoms with Crippen LogP contribution in [-0.2, 0) is 13.1 Å². The Labute approximate surface area is 168 Å². The van der Waals surface area contributed by atoms with Crippen molar-refractivity contribution in [3.8, 4) is 11.3 Å². The number of nitrogens with two attached hydrogens (primary N) is 2. The molecule has 0 radical (unpaired) electrons. The first-order valence-electron chi connectivity index (χ1n) is 9.17. The van der Waals surface area contributed by atoms with Gasteiger partial charge >= 0.3 is 0 Å². The highest BCUT2D eigenvalue weighted by atomic mass is 15.4. The van der Waals surface area contributed by atoms with Gasteiger partial charge < -0.3 is 5.73 Å². The third-order valence-corrected chi connectivity index (χ3v) is 4.66. The molecule has 2 heterocycles. The van der Waals surface area contributed by atoms with Gasteiger partial charge in [-0.2, -0.15) is 0 Å². The van der Waals surface area contributed by atoms with Gasteiger partial charge in [0.1, 0.15) is 0 Å². The molecule has 2 aromatic carbocycles. The number of rotatable bonds is 6. The van der Waals surface area contributed by atoms with E-state index in [4.69, 9.17) is 11.6 Å². The molecule has 0 unspecified atom stereocenters. The molecule has 0 aliphatic carbocycles. The smallest absolute Gasteiger partial charge is 0.196 e. The van der Waals surface area contributed by atoms with Crippen LogP contribution in [0.1, 0.15) is 11.1 Å². The molecule has 0 bridgehead atoms. The monoisotopic (exact) mass is 383 g/mol. The minimum absolute atomic E-state index is 0.386. The van der Waals surface area contributed by atoms with Gasteiger partial charge in [-0.1, -0.05) is 36.4 Å². The fourth-order valence-corrected chi connectivity index (χ4v) is 3.12. The second-order valence-corrected chi connectivity index (χ2v) is 6.62. The van der Waals surface area contributed by atoms with Crippen molar-refractivity contribution >= 4 is 29.3 Å². The maximum Gasteiger partial charge on any atom is 0.196 e. The molecule has 0 saturated heterocycles. The zero-order chi connectivity index (χ0) is 20.2. The average molecular weight is 383 g/mol. The number of hydrazine groups is 1. The van der Waals surface area contributed by atoms with Crippen LogP contribution >= 0.6 is 0 Å². The van der Waals surface area contributed by atoms with Crippen LogP contribution in [0.3, 0.4) is 0 Å². The molecule has 4 rings (SSSR count). The Hall–Kier alpha value is -3.68. The summed E-state index contributed by atoms with van der Waals surface area (Å²) in [6.45, 7) is 4.53. The zero-order valence-corrected chi connectivity index (χ0v) is 15.9. The summed E-state index contributed by atoms with van der Waals surface area (Å²) in [5.41, 5.74) is 10.3. The van der Waals surface area contributed by atoms with Crippen molar-refractivity contribution in [2.75, 3.05) is 5.01 Å². The van der Waals surface area contributed by atoms with Crippen LogP contribution in [0.2, 0.25) is 0 Å². The molecule has 0 amide bonds. The van der Waals surface area contributed by atoms with Crippen molar-refractivity contribution in [2.45, 2.75) is 13.1 Å². The van der Waals surface area contributed by atoms with Gasteiger partial charge in [-0.15, -0.1) is 0 Å². The van der Waals surface area contributed by atoms with E-state index in [1.165, 1.54) is 5.01 Å². The van der Waals surface area contributed by atoms with E-state index < -0.39 is 0 Å². The van der Waals surface area contributed by atoms with Crippen LogP contribution in [0.25, 0.3) is 22.2 Å². The van der Waals surface area contributed by atoms with Crippen LogP contribution in [0.5, 0.6) is 0 Å². The number of nitrogens with zero attached hydrogens (tertiary/aromatic N) is 5. The Morgan fingerprint density at radius 3 is 2.55 bits per heavy atom. The number of fused-ring (bicyclic) bond motifs is 1. The first kappa shape index (κ1) is 18.7. The van der Waals surface area contributed by atoms with E-state index in [0.717, 1.165) is 27.6 Å². The number of pyridine rings is 1. The lowest BCUT2D eigenvalue weighted by atomic mass is 10.1. The van der Waals surface area contributed by atoms with Crippen molar-refractivity contribution in [2.24, 2.45) is 16.6 Å². The van der Waals surface area contributed by atoms with Gasteiger partial charge in [0.05, 0.1) is 24.0 Å². The van der Waals surface area contributed by atoms with Crippen LogP contribution in [0.15, 0.2) is 72.0 Å². The highest BCUT2D eigenvalue weighted by Gasteiger charge is 2.14. The molecule has 29 heavy (non-hydrogen) atoms. The minimum Gasteiger partial charge on any atom is -0.326 e. The molecule has 0 aliphatic heterocycles. The van der Waals surface area contributed by atoms with E-state index in [1.54, 1.807) is 12.4 Å². The number of aromatic nitrogens is 3. The van der Waals surface area contributed by atoms with Gasteiger partial charge in [0, 0.05) is 23.7 Å². The summed E-state index contributed by atoms with van der Waals surface area (Å²) in [6.07, 6.45) is 3.45. The van der Waals surface area contributed by atoms with Crippen molar-refractivity contribution in [1.29, 1.82) is 0 Å². The molecule has 7 heteroatoms. The Morgan fingerprint density at radius 2 is 1.79 bits per heavy atom. The predicted molar refractivity (Wildman–Crippen MR) is 117 cm³/mol. The number of hydrogen-bond acceptors (Lipinski definition) is 7. The summed E-state index contributed by atoms with van der Waals surface area (Å²) in [5.74, 6) is 7.20. The highest BCUT2D eigenvalue weighted by molar-refractivity contribution is 5.79. The number of benzene rings is 2. The van der Waals surface area contributed by atoms with E-state index in [0.29, 0.717) is 30.4 Å². The first-order chi connectivity index (χ1) is 14.2. The van der Waals surface area contributed by atoms with E-state index in [2.05, 4.69) is 32.7 Å². The molecular weight excluding hydrogens is 362 g/mol. The second-order valence-electron chi connectivity index (χ2n) is 6.62. The molecular formula is C22H21N7. The molecule has 4 N–H and O–H groups in total. The molecule has 144 valence electrons. The maximum atomic E-state index is 6.35. The van der Waals surface area contributed by atoms with Crippen LogP contribution < -0.4 is 16.6 Å². The number of aliphatic imine (C=N–C) groups is 1. The van der Waals surface area contributed by atoms with E-state index in [1.807, 2.05) is 48.5 Å². The third-order valence-electron chi connectivity index (χ3n) is 4.66. The second kappa shape index (κ2) is 8.14. The standard InChI is InChI=1S/C22H21N7/c1-25-21-22(28-20(13-27-21)17-7-4-15(12-23)5-8-17)29(24)14-16-6-9-19-18(11-16)3-2-10-26-19/h2-11,13H,1,12,14,23-24H2. The van der Waals surface area contributed by atoms with Gasteiger partial charge in [0.15, 0.2) is 11.6 Å². The Bertz CT molecular complexity index is 1160. The van der Waals surface area contributed by atoms with Crippen LogP contribution in [0.4, 0.5) is 11.6 Å². The predicted octanol–water partition coefficient (Wildman–Crippen LogP) is 3.36. The molecule has 7 nitrogen and oxygen atoms in total. The molecule has 0 saturated carbocycles. The lowest BCUT2D eigenvalue weighted by molar-refractivity contribution is 0.829. The van der Waals surface area contributed by atoms with E-state index >= 15 is 0 Å². The minimum atomic E-state index is 0.386. The SMILES string of the molecule is C=Nc1ncc(-c2ccc(CN)cc2)nc1N(N)Cc1ccc2ncccc2c1. The Kier molecular flexibility index (Phi) is 5.24. The maximum absolute atomic E-state index is 6.35. The number of anilines is 1. The van der Waals surface area contributed by atoms with Gasteiger partial charge in [-0.25, -0.2) is 20.8 Å². The van der Waals surface area contributed by atoms with Crippen LogP contribution in [-0.4, -0.2) is 21.7 Å². The lowest BCUT2D eigenvalue weighted by Gasteiger charge is -2.19. The van der Waals surface area contributed by atoms with E-state index in [-0.39, 0.29) is 0 Å². The summed E-state index contributed by atoms with van der Waals surface area (Å²) in [6, 6.07) is 17.9. The van der Waals surface area contributed by atoms with Gasteiger partial charge in [0.2, 0.25) is 0 Å². The topological polar surface area (TPSA) is 106 Å². The van der Waals surface area contributed by atoms with Gasteiger partial charge in [0.25, 0.3) is 0 Å². The summed E-state index contributed by atoms with van der Waals surface area (Å²) >= 11 is 0. The summed E-state index contributed by atoms with van der Waals surface area (Å²) in [7, 11) is 0. The summed E-state index contributed by atoms with van der Waals surface area (Å²) in [5, 5.41) is 2.59. The molecule has 0 aliphatic rings. The normalized spacial score (nSPS) is 10.8. The molecule has 0 spiro atoms. The van der Waals surface area contributed by atoms with Crippen molar-refractivity contribution in [3.63, 3.8) is 0 Å². The summed E-state index contributed by atoms with van der Waals surface area (Å²) < 4.78 is 0. The molecule has 0 fully saturated rings. The van der Waals surface area contributed by atoms with Crippen molar-refractivity contribution < 1.29 is 0 Å². The van der Waals surface area contributed by atoms with Gasteiger partial charge in [-0.3, -0.25) is 9.99 Å². The lowest BCUT2D eigenvalue weighted by Crippen LogP contribution is -2.31. The number of hydrogen-bond donors (Lipinski definition) is 2. The zero-order valence-electron chi connectivity index (χ0n) is 15.9. The molecule has 4 aromatic rings. The molecule has 2 aromatic heterocycles. The van der Waals surface area contributed by atoms with Crippen molar-refractivity contribution in [3.05, 3.63) is 78.1 Å². The Morgan fingerprint density at radius 1 is 1.00 bits per heavy atom. The quantitative estimate of drug-likeness (QED) is 0.300. The van der Waals surface area contributed by atoms with E-state index in [9.17, 15) is 0 Å². The summed E-state index contributed by atoms with van der Waals surface area (Å²) in [4.78, 5) is 17.4. The molecule has 0 atom stereocenters.